The van der Waals surface area contributed by atoms with Crippen LogP contribution in [0.2, 0.25) is 0 Å². The summed E-state index contributed by atoms with van der Waals surface area (Å²) < 4.78 is 17.8. The Morgan fingerprint density at radius 3 is 2.21 bits per heavy atom. The molecule has 0 unspecified atom stereocenters. The van der Waals surface area contributed by atoms with Crippen LogP contribution in [0.25, 0.3) is 0 Å². The van der Waals surface area contributed by atoms with Crippen LogP contribution in [0.3, 0.4) is 0 Å². The van der Waals surface area contributed by atoms with Gasteiger partial charge < -0.3 is 25.3 Å². The molecule has 9 heteroatoms. The first-order valence-corrected chi connectivity index (χ1v) is 9.98. The Morgan fingerprint density at radius 1 is 1.10 bits per heavy atom. The van der Waals surface area contributed by atoms with Crippen LogP contribution < -0.4 is 11.1 Å². The van der Waals surface area contributed by atoms with Crippen LogP contribution >= 0.6 is 0 Å². The molecule has 0 saturated carbocycles. The maximum absolute atomic E-state index is 11.6. The van der Waals surface area contributed by atoms with Gasteiger partial charge in [0.05, 0.1) is 38.7 Å². The molecular formula is C20H36N4O5. The molecule has 2 amide bonds. The minimum atomic E-state index is -0.485. The van der Waals surface area contributed by atoms with Crippen molar-refractivity contribution in [3.63, 3.8) is 0 Å². The third kappa shape index (κ3) is 11.0. The lowest BCUT2D eigenvalue weighted by Gasteiger charge is -2.18. The number of nitrogens with two attached hydrogens (primary N) is 1. The van der Waals surface area contributed by atoms with Gasteiger partial charge in [-0.3, -0.25) is 14.3 Å². The molecule has 1 rings (SSSR count). The zero-order valence-electron chi connectivity index (χ0n) is 18.3. The number of hydrogen-bond acceptors (Lipinski definition) is 6. The van der Waals surface area contributed by atoms with E-state index in [1.165, 1.54) is 0 Å². The van der Waals surface area contributed by atoms with Crippen LogP contribution in [0.1, 0.15) is 56.8 Å². The van der Waals surface area contributed by atoms with E-state index in [9.17, 15) is 9.59 Å². The third-order valence-corrected chi connectivity index (χ3v) is 3.82. The smallest absolute Gasteiger partial charge is 0.266 e. The molecule has 0 aliphatic carbocycles. The van der Waals surface area contributed by atoms with Gasteiger partial charge in [-0.05, 0) is 25.3 Å². The fourth-order valence-corrected chi connectivity index (χ4v) is 2.34. The van der Waals surface area contributed by atoms with Gasteiger partial charge in [-0.15, -0.1) is 0 Å². The lowest BCUT2D eigenvalue weighted by atomic mass is 9.97. The summed E-state index contributed by atoms with van der Waals surface area (Å²) >= 11 is 0. The van der Waals surface area contributed by atoms with Crippen molar-refractivity contribution in [2.75, 3.05) is 46.2 Å². The zero-order chi connectivity index (χ0) is 21.9. The average Bonchev–Trinajstić information content (AvgIpc) is 3.06. The molecule has 0 fully saturated rings. The zero-order valence-corrected chi connectivity index (χ0v) is 18.3. The summed E-state index contributed by atoms with van der Waals surface area (Å²) in [6.45, 7) is 12.8. The first-order chi connectivity index (χ1) is 13.6. The van der Waals surface area contributed by atoms with Crippen LogP contribution in [-0.2, 0) is 25.4 Å². The van der Waals surface area contributed by atoms with E-state index in [-0.39, 0.29) is 24.0 Å². The van der Waals surface area contributed by atoms with Gasteiger partial charge >= 0.3 is 0 Å². The Hall–Kier alpha value is -1.97. The normalized spacial score (nSPS) is 11.8. The van der Waals surface area contributed by atoms with Gasteiger partial charge in [0.2, 0.25) is 5.91 Å². The largest absolute Gasteiger partial charge is 0.379 e. The fraction of sp³-hybridized carbons (Fsp3) is 0.750. The molecule has 1 aromatic rings. The lowest BCUT2D eigenvalue weighted by Crippen LogP contribution is -2.34. The minimum Gasteiger partial charge on any atom is -0.379 e. The van der Waals surface area contributed by atoms with E-state index in [0.717, 1.165) is 5.69 Å². The Kier molecular flexibility index (Phi) is 10.9. The molecule has 0 bridgehead atoms. The molecule has 0 spiro atoms. The number of amides is 2. The van der Waals surface area contributed by atoms with E-state index in [2.05, 4.69) is 31.2 Å². The summed E-state index contributed by atoms with van der Waals surface area (Å²) in [5.41, 5.74) is 6.61. The number of rotatable bonds is 14. The van der Waals surface area contributed by atoms with Crippen molar-refractivity contribution in [3.8, 4) is 0 Å². The predicted molar refractivity (Wildman–Crippen MR) is 110 cm³/mol. The number of carbonyl (C=O) groups is 2. The topological polar surface area (TPSA) is 118 Å². The van der Waals surface area contributed by atoms with Crippen molar-refractivity contribution in [2.24, 2.45) is 11.1 Å². The fourth-order valence-electron chi connectivity index (χ4n) is 2.34. The maximum atomic E-state index is 11.6. The lowest BCUT2D eigenvalue weighted by molar-refractivity contribution is -0.126. The summed E-state index contributed by atoms with van der Waals surface area (Å²) in [7, 11) is 0. The number of carbonyl (C=O) groups excluding carboxylic acids is 2. The molecular weight excluding hydrogens is 376 g/mol. The van der Waals surface area contributed by atoms with Crippen molar-refractivity contribution in [1.29, 1.82) is 0 Å². The number of hydrogen-bond donors (Lipinski definition) is 2. The highest BCUT2D eigenvalue weighted by Crippen LogP contribution is 2.11. The monoisotopic (exact) mass is 412 g/mol. The van der Waals surface area contributed by atoms with E-state index in [1.807, 2.05) is 13.8 Å². The molecule has 0 aliphatic rings. The Labute approximate surface area is 173 Å². The van der Waals surface area contributed by atoms with Gasteiger partial charge in [-0.1, -0.05) is 20.8 Å². The van der Waals surface area contributed by atoms with E-state index in [1.54, 1.807) is 10.7 Å². The minimum absolute atomic E-state index is 0.0340. The number of nitrogens with one attached hydrogen (secondary N) is 1. The van der Waals surface area contributed by atoms with Gasteiger partial charge in [0.15, 0.2) is 0 Å². The van der Waals surface area contributed by atoms with Gasteiger partial charge in [0.1, 0.15) is 12.3 Å². The van der Waals surface area contributed by atoms with Crippen LogP contribution in [0.4, 0.5) is 0 Å². The van der Waals surface area contributed by atoms with E-state index < -0.39 is 5.91 Å². The number of ether oxygens (including phenoxy) is 3. The van der Waals surface area contributed by atoms with Crippen LogP contribution in [0.15, 0.2) is 6.07 Å². The third-order valence-electron chi connectivity index (χ3n) is 3.82. The Balaban J connectivity index is 2.05. The number of aromatic nitrogens is 2. The second-order valence-corrected chi connectivity index (χ2v) is 8.29. The molecule has 3 N–H and O–H groups in total. The molecule has 1 heterocycles. The first kappa shape index (κ1) is 25.1. The van der Waals surface area contributed by atoms with E-state index in [0.29, 0.717) is 51.7 Å². The summed E-state index contributed by atoms with van der Waals surface area (Å²) in [6.07, 6.45) is 0.590. The van der Waals surface area contributed by atoms with Crippen LogP contribution in [-0.4, -0.2) is 67.8 Å². The van der Waals surface area contributed by atoms with E-state index >= 15 is 0 Å². The molecule has 0 aromatic carbocycles. The highest BCUT2D eigenvalue weighted by Gasteiger charge is 2.14. The second kappa shape index (κ2) is 12.6. The van der Waals surface area contributed by atoms with Crippen molar-refractivity contribution >= 4 is 11.8 Å². The standard InChI is InChI=1S/C20H36N4O5/c1-15(2)24-17(19(21)26)12-16(23-24)6-7-27-8-9-28-10-11-29-13-18(25)22-14-20(3,4)5/h12,15H,6-11,13-14H2,1-5H3,(H2,21,26)(H,22,25). The number of primary amides is 1. The molecule has 9 nitrogen and oxygen atoms in total. The highest BCUT2D eigenvalue weighted by molar-refractivity contribution is 5.91. The van der Waals surface area contributed by atoms with Gasteiger partial charge in [-0.2, -0.15) is 5.10 Å². The van der Waals surface area contributed by atoms with Crippen LogP contribution in [0.5, 0.6) is 0 Å². The Bertz CT molecular complexity index is 637. The van der Waals surface area contributed by atoms with Gasteiger partial charge in [0, 0.05) is 19.0 Å². The van der Waals surface area contributed by atoms with Crippen molar-refractivity contribution in [3.05, 3.63) is 17.5 Å². The molecule has 0 radical (unpaired) electrons. The van der Waals surface area contributed by atoms with Crippen LogP contribution in [0, 0.1) is 5.41 Å². The second-order valence-electron chi connectivity index (χ2n) is 8.29. The van der Waals surface area contributed by atoms with Crippen molar-refractivity contribution in [2.45, 2.75) is 47.1 Å². The summed E-state index contributed by atoms with van der Waals surface area (Å²) in [5, 5.41) is 7.22. The average molecular weight is 413 g/mol. The number of nitrogens with zero attached hydrogens (tertiary/aromatic N) is 2. The SMILES string of the molecule is CC(C)n1nc(CCOCCOCCOCC(=O)NCC(C)(C)C)cc1C(N)=O. The molecule has 166 valence electrons. The maximum Gasteiger partial charge on any atom is 0.266 e. The van der Waals surface area contributed by atoms with Gasteiger partial charge in [-0.25, -0.2) is 0 Å². The summed E-state index contributed by atoms with van der Waals surface area (Å²) in [4.78, 5) is 23.0. The van der Waals surface area contributed by atoms with Crippen molar-refractivity contribution < 1.29 is 23.8 Å². The summed E-state index contributed by atoms with van der Waals surface area (Å²) in [5.74, 6) is -0.608. The molecule has 0 saturated heterocycles. The molecule has 29 heavy (non-hydrogen) atoms. The first-order valence-electron chi connectivity index (χ1n) is 9.98. The molecule has 1 aromatic heterocycles. The van der Waals surface area contributed by atoms with Gasteiger partial charge in [0.25, 0.3) is 5.91 Å². The summed E-state index contributed by atoms with van der Waals surface area (Å²) in [6, 6.07) is 1.77. The van der Waals surface area contributed by atoms with E-state index in [4.69, 9.17) is 19.9 Å². The quantitative estimate of drug-likeness (QED) is 0.445. The van der Waals surface area contributed by atoms with Crippen molar-refractivity contribution in [1.82, 2.24) is 15.1 Å². The molecule has 0 atom stereocenters. The Morgan fingerprint density at radius 2 is 1.69 bits per heavy atom. The molecule has 0 aliphatic heterocycles. The highest BCUT2D eigenvalue weighted by atomic mass is 16.5. The predicted octanol–water partition coefficient (Wildman–Crippen LogP) is 1.32.